The smallest absolute Gasteiger partial charge is 0.255 e. The Hall–Kier alpha value is -3.08. The van der Waals surface area contributed by atoms with Crippen LogP contribution in [0, 0.1) is 0 Å². The fourth-order valence-electron chi connectivity index (χ4n) is 2.46. The molecule has 0 heterocycles. The van der Waals surface area contributed by atoms with Gasteiger partial charge in [0.15, 0.2) is 0 Å². The van der Waals surface area contributed by atoms with Gasteiger partial charge in [0.25, 0.3) is 11.8 Å². The summed E-state index contributed by atoms with van der Waals surface area (Å²) in [5.74, 6) is 0.234. The first kappa shape index (κ1) is 20.2. The maximum Gasteiger partial charge on any atom is 0.255 e. The Morgan fingerprint density at radius 2 is 1.78 bits per heavy atom. The molecule has 0 unspecified atom stereocenters. The SMILES string of the molecule is C=CCOc1ccccc1C(=O)NCc1ccc(C(=O)NCCCC)cc1. The number of unbranched alkanes of at least 4 members (excludes halogenated alkanes) is 1. The van der Waals surface area contributed by atoms with E-state index in [0.717, 1.165) is 18.4 Å². The summed E-state index contributed by atoms with van der Waals surface area (Å²) >= 11 is 0. The Labute approximate surface area is 160 Å². The van der Waals surface area contributed by atoms with Gasteiger partial charge in [0.05, 0.1) is 5.56 Å². The molecule has 0 aliphatic carbocycles. The zero-order chi connectivity index (χ0) is 19.5. The van der Waals surface area contributed by atoms with Crippen LogP contribution < -0.4 is 15.4 Å². The first-order valence-corrected chi connectivity index (χ1v) is 9.13. The second kappa shape index (κ2) is 10.8. The molecule has 5 nitrogen and oxygen atoms in total. The highest BCUT2D eigenvalue weighted by atomic mass is 16.5. The van der Waals surface area contributed by atoms with Crippen molar-refractivity contribution in [2.45, 2.75) is 26.3 Å². The van der Waals surface area contributed by atoms with Gasteiger partial charge in [0.2, 0.25) is 0 Å². The summed E-state index contributed by atoms with van der Waals surface area (Å²) in [6.07, 6.45) is 3.64. The van der Waals surface area contributed by atoms with E-state index in [2.05, 4.69) is 24.1 Å². The average molecular weight is 366 g/mol. The van der Waals surface area contributed by atoms with Crippen molar-refractivity contribution in [3.63, 3.8) is 0 Å². The number of carbonyl (C=O) groups excluding carboxylic acids is 2. The molecule has 2 rings (SSSR count). The van der Waals surface area contributed by atoms with Gasteiger partial charge in [0.1, 0.15) is 12.4 Å². The number of nitrogens with one attached hydrogen (secondary N) is 2. The third kappa shape index (κ3) is 6.29. The number of amides is 2. The number of rotatable bonds is 10. The molecule has 2 amide bonds. The Morgan fingerprint density at radius 3 is 2.48 bits per heavy atom. The predicted molar refractivity (Wildman–Crippen MR) is 107 cm³/mol. The molecule has 142 valence electrons. The zero-order valence-electron chi connectivity index (χ0n) is 15.7. The number of hydrogen-bond acceptors (Lipinski definition) is 3. The van der Waals surface area contributed by atoms with E-state index in [1.54, 1.807) is 36.4 Å². The summed E-state index contributed by atoms with van der Waals surface area (Å²) in [5, 5.41) is 5.76. The topological polar surface area (TPSA) is 67.4 Å². The van der Waals surface area contributed by atoms with Crippen LogP contribution >= 0.6 is 0 Å². The minimum atomic E-state index is -0.212. The molecule has 0 atom stereocenters. The van der Waals surface area contributed by atoms with E-state index in [0.29, 0.717) is 36.6 Å². The molecular formula is C22H26N2O3. The molecule has 0 spiro atoms. The van der Waals surface area contributed by atoms with E-state index in [9.17, 15) is 9.59 Å². The maximum atomic E-state index is 12.4. The average Bonchev–Trinajstić information content (AvgIpc) is 2.71. The first-order valence-electron chi connectivity index (χ1n) is 9.13. The molecule has 2 aromatic carbocycles. The van der Waals surface area contributed by atoms with Gasteiger partial charge in [-0.1, -0.05) is 50.3 Å². The molecule has 5 heteroatoms. The van der Waals surface area contributed by atoms with E-state index in [1.165, 1.54) is 0 Å². The fraction of sp³-hybridized carbons (Fsp3) is 0.273. The van der Waals surface area contributed by atoms with Crippen LogP contribution in [0.1, 0.15) is 46.0 Å². The fourth-order valence-corrected chi connectivity index (χ4v) is 2.46. The van der Waals surface area contributed by atoms with Crippen molar-refractivity contribution in [3.8, 4) is 5.75 Å². The summed E-state index contributed by atoms with van der Waals surface area (Å²) in [5.41, 5.74) is 2.01. The molecular weight excluding hydrogens is 340 g/mol. The lowest BCUT2D eigenvalue weighted by atomic mass is 10.1. The van der Waals surface area contributed by atoms with Crippen molar-refractivity contribution < 1.29 is 14.3 Å². The van der Waals surface area contributed by atoms with Crippen molar-refractivity contribution in [1.29, 1.82) is 0 Å². The Bertz CT molecular complexity index is 769. The standard InChI is InChI=1S/C22H26N2O3/c1-3-5-14-23-21(25)18-12-10-17(11-13-18)16-24-22(26)19-8-6-7-9-20(19)27-15-4-2/h4,6-13H,2-3,5,14-16H2,1H3,(H,23,25)(H,24,26). The van der Waals surface area contributed by atoms with Crippen molar-refractivity contribution in [2.75, 3.05) is 13.2 Å². The van der Waals surface area contributed by atoms with Crippen LogP contribution in [0.15, 0.2) is 61.2 Å². The minimum absolute atomic E-state index is 0.0765. The van der Waals surface area contributed by atoms with Crippen LogP contribution in [0.25, 0.3) is 0 Å². The lowest BCUT2D eigenvalue weighted by molar-refractivity contribution is 0.0940. The molecule has 2 aromatic rings. The van der Waals surface area contributed by atoms with Gasteiger partial charge >= 0.3 is 0 Å². The third-order valence-electron chi connectivity index (χ3n) is 3.97. The number of hydrogen-bond donors (Lipinski definition) is 2. The van der Waals surface area contributed by atoms with Gasteiger partial charge in [-0.15, -0.1) is 0 Å². The lowest BCUT2D eigenvalue weighted by Gasteiger charge is -2.11. The lowest BCUT2D eigenvalue weighted by Crippen LogP contribution is -2.25. The molecule has 0 radical (unpaired) electrons. The second-order valence-corrected chi connectivity index (χ2v) is 6.08. The molecule has 0 saturated heterocycles. The molecule has 0 aromatic heterocycles. The first-order chi connectivity index (χ1) is 13.2. The third-order valence-corrected chi connectivity index (χ3v) is 3.97. The van der Waals surface area contributed by atoms with Crippen LogP contribution in [-0.4, -0.2) is 25.0 Å². The summed E-state index contributed by atoms with van der Waals surface area (Å²) < 4.78 is 5.52. The largest absolute Gasteiger partial charge is 0.489 e. The number of para-hydroxylation sites is 1. The van der Waals surface area contributed by atoms with Gasteiger partial charge in [-0.25, -0.2) is 0 Å². The minimum Gasteiger partial charge on any atom is -0.489 e. The predicted octanol–water partition coefficient (Wildman–Crippen LogP) is 3.71. The molecule has 0 saturated carbocycles. The zero-order valence-corrected chi connectivity index (χ0v) is 15.7. The Kier molecular flexibility index (Phi) is 8.10. The molecule has 2 N–H and O–H groups in total. The van der Waals surface area contributed by atoms with Crippen molar-refractivity contribution in [2.24, 2.45) is 0 Å². The number of benzene rings is 2. The Balaban J connectivity index is 1.92. The highest BCUT2D eigenvalue weighted by Gasteiger charge is 2.12. The van der Waals surface area contributed by atoms with Crippen LogP contribution in [0.3, 0.4) is 0 Å². The maximum absolute atomic E-state index is 12.4. The molecule has 0 bridgehead atoms. The van der Waals surface area contributed by atoms with E-state index in [4.69, 9.17) is 4.74 Å². The highest BCUT2D eigenvalue weighted by molar-refractivity contribution is 5.97. The number of carbonyl (C=O) groups is 2. The van der Waals surface area contributed by atoms with Crippen LogP contribution in [-0.2, 0) is 6.54 Å². The summed E-state index contributed by atoms with van der Waals surface area (Å²) in [6, 6.07) is 14.3. The highest BCUT2D eigenvalue weighted by Crippen LogP contribution is 2.18. The van der Waals surface area contributed by atoms with Gasteiger partial charge in [-0.2, -0.15) is 0 Å². The van der Waals surface area contributed by atoms with Gasteiger partial charge in [-0.05, 0) is 36.2 Å². The van der Waals surface area contributed by atoms with Gasteiger partial charge < -0.3 is 15.4 Å². The normalized spacial score (nSPS) is 10.1. The van der Waals surface area contributed by atoms with Gasteiger partial charge in [0, 0.05) is 18.7 Å². The number of ether oxygens (including phenoxy) is 1. The summed E-state index contributed by atoms with van der Waals surface area (Å²) in [7, 11) is 0. The molecule has 0 aliphatic rings. The van der Waals surface area contributed by atoms with Crippen LogP contribution in [0.5, 0.6) is 5.75 Å². The van der Waals surface area contributed by atoms with Crippen molar-refractivity contribution in [1.82, 2.24) is 10.6 Å². The van der Waals surface area contributed by atoms with E-state index in [-0.39, 0.29) is 11.8 Å². The molecule has 27 heavy (non-hydrogen) atoms. The van der Waals surface area contributed by atoms with Crippen LogP contribution in [0.4, 0.5) is 0 Å². The second-order valence-electron chi connectivity index (χ2n) is 6.08. The quantitative estimate of drug-likeness (QED) is 0.497. The van der Waals surface area contributed by atoms with Crippen molar-refractivity contribution >= 4 is 11.8 Å². The summed E-state index contributed by atoms with van der Waals surface area (Å²) in [6.45, 7) is 7.08. The molecule has 0 aliphatic heterocycles. The Morgan fingerprint density at radius 1 is 1.04 bits per heavy atom. The molecule has 0 fully saturated rings. The van der Waals surface area contributed by atoms with E-state index >= 15 is 0 Å². The van der Waals surface area contributed by atoms with E-state index < -0.39 is 0 Å². The van der Waals surface area contributed by atoms with Gasteiger partial charge in [-0.3, -0.25) is 9.59 Å². The van der Waals surface area contributed by atoms with E-state index in [1.807, 2.05) is 18.2 Å². The van der Waals surface area contributed by atoms with Crippen molar-refractivity contribution in [3.05, 3.63) is 77.9 Å². The monoisotopic (exact) mass is 366 g/mol. The van der Waals surface area contributed by atoms with Crippen LogP contribution in [0.2, 0.25) is 0 Å². The summed E-state index contributed by atoms with van der Waals surface area (Å²) in [4.78, 5) is 24.4.